The van der Waals surface area contributed by atoms with Crippen LogP contribution < -0.4 is 0 Å². The molecule has 0 radical (unpaired) electrons. The average molecular weight is 268 g/mol. The summed E-state index contributed by atoms with van der Waals surface area (Å²) in [5, 5.41) is 0. The van der Waals surface area contributed by atoms with Crippen molar-refractivity contribution < 1.29 is 14.3 Å². The van der Waals surface area contributed by atoms with E-state index in [0.717, 1.165) is 6.42 Å². The number of hydrogen-bond acceptors (Lipinski definition) is 3. The van der Waals surface area contributed by atoms with E-state index in [4.69, 9.17) is 4.74 Å². The Balaban J connectivity index is 2.60. The second-order valence-corrected chi connectivity index (χ2v) is 5.72. The predicted octanol–water partition coefficient (Wildman–Crippen LogP) is 0.904. The molecule has 2 amide bonds. The van der Waals surface area contributed by atoms with Crippen molar-refractivity contribution in [2.75, 3.05) is 33.8 Å². The van der Waals surface area contributed by atoms with Gasteiger partial charge in [0.2, 0.25) is 11.8 Å². The van der Waals surface area contributed by atoms with Gasteiger partial charge in [0.15, 0.2) is 0 Å². The first-order valence-electron chi connectivity index (χ1n) is 6.50. The molecule has 0 aromatic carbocycles. The Morgan fingerprint density at radius 3 is 2.63 bits per heavy atom. The summed E-state index contributed by atoms with van der Waals surface area (Å²) >= 11 is 0. The van der Waals surface area contributed by atoms with Gasteiger partial charge in [-0.25, -0.2) is 0 Å². The van der Waals surface area contributed by atoms with Gasteiger partial charge >= 0.3 is 0 Å². The highest BCUT2D eigenvalue weighted by atomic mass is 16.5. The summed E-state index contributed by atoms with van der Waals surface area (Å²) < 4.78 is 5.46. The lowest BCUT2D eigenvalue weighted by atomic mass is 9.81. The minimum atomic E-state index is -0.237. The van der Waals surface area contributed by atoms with Crippen molar-refractivity contribution in [1.82, 2.24) is 9.80 Å². The van der Waals surface area contributed by atoms with E-state index in [-0.39, 0.29) is 29.9 Å². The van der Waals surface area contributed by atoms with Gasteiger partial charge in [-0.3, -0.25) is 9.59 Å². The zero-order valence-corrected chi connectivity index (χ0v) is 12.3. The molecule has 1 heterocycles. The van der Waals surface area contributed by atoms with Crippen molar-refractivity contribution in [3.8, 4) is 0 Å². The van der Waals surface area contributed by atoms with Gasteiger partial charge in [0.05, 0.1) is 12.6 Å². The number of amides is 2. The number of likely N-dealkylation sites (tertiary alicyclic amines) is 1. The lowest BCUT2D eigenvalue weighted by Gasteiger charge is -2.43. The van der Waals surface area contributed by atoms with Gasteiger partial charge in [-0.15, -0.1) is 0 Å². The maximum atomic E-state index is 12.2. The van der Waals surface area contributed by atoms with Crippen LogP contribution in [0.15, 0.2) is 12.7 Å². The van der Waals surface area contributed by atoms with Crippen LogP contribution in [0.4, 0.5) is 0 Å². The Kier molecular flexibility index (Phi) is 5.11. The first-order chi connectivity index (χ1) is 8.81. The van der Waals surface area contributed by atoms with Crippen LogP contribution in [0.3, 0.4) is 0 Å². The average Bonchev–Trinajstić information content (AvgIpc) is 2.36. The summed E-state index contributed by atoms with van der Waals surface area (Å²) in [6.07, 6.45) is 2.21. The number of nitrogens with zero attached hydrogens (tertiary/aromatic N) is 2. The Morgan fingerprint density at radius 2 is 2.16 bits per heavy atom. The first-order valence-corrected chi connectivity index (χ1v) is 6.50. The minimum Gasteiger partial charge on any atom is -0.381 e. The molecule has 0 bridgehead atoms. The van der Waals surface area contributed by atoms with E-state index in [1.807, 2.05) is 4.90 Å². The fourth-order valence-corrected chi connectivity index (χ4v) is 2.52. The predicted molar refractivity (Wildman–Crippen MR) is 73.6 cm³/mol. The smallest absolute Gasteiger partial charge is 0.246 e. The third-order valence-electron chi connectivity index (χ3n) is 3.69. The van der Waals surface area contributed by atoms with Crippen LogP contribution >= 0.6 is 0 Å². The molecule has 1 fully saturated rings. The number of methoxy groups -OCH3 is 1. The topological polar surface area (TPSA) is 49.9 Å². The molecule has 19 heavy (non-hydrogen) atoms. The molecular formula is C14H24N2O3. The van der Waals surface area contributed by atoms with E-state index in [2.05, 4.69) is 20.4 Å². The monoisotopic (exact) mass is 268 g/mol. The van der Waals surface area contributed by atoms with E-state index in [1.165, 1.54) is 11.0 Å². The zero-order valence-electron chi connectivity index (χ0n) is 12.3. The molecule has 0 spiro atoms. The van der Waals surface area contributed by atoms with Crippen LogP contribution in [0, 0.1) is 5.41 Å². The summed E-state index contributed by atoms with van der Waals surface area (Å²) in [5.74, 6) is -0.264. The highest BCUT2D eigenvalue weighted by Gasteiger charge is 2.37. The lowest BCUT2D eigenvalue weighted by molar-refractivity contribution is -0.143. The van der Waals surface area contributed by atoms with Crippen LogP contribution in [0.5, 0.6) is 0 Å². The van der Waals surface area contributed by atoms with Gasteiger partial charge in [-0.2, -0.15) is 0 Å². The summed E-state index contributed by atoms with van der Waals surface area (Å²) in [5.41, 5.74) is -0.0658. The van der Waals surface area contributed by atoms with Crippen molar-refractivity contribution in [2.45, 2.75) is 26.4 Å². The van der Waals surface area contributed by atoms with Crippen molar-refractivity contribution in [3.05, 3.63) is 12.7 Å². The van der Waals surface area contributed by atoms with E-state index in [9.17, 15) is 9.59 Å². The minimum absolute atomic E-state index is 0.0275. The fraction of sp³-hybridized carbons (Fsp3) is 0.714. The summed E-state index contributed by atoms with van der Waals surface area (Å²) in [6, 6.07) is 0. The van der Waals surface area contributed by atoms with Gasteiger partial charge in [0.1, 0.15) is 0 Å². The molecule has 1 aliphatic rings. The van der Waals surface area contributed by atoms with Crippen LogP contribution in [0.25, 0.3) is 0 Å². The molecule has 1 saturated heterocycles. The standard InChI is InChI=1S/C14H24N2O3/c1-6-12(17)15(4)9-13(18)16-8-7-11(19-5)14(2,3)10-16/h6,11H,1,7-10H2,2-5H3. The molecule has 0 N–H and O–H groups in total. The third kappa shape index (κ3) is 3.80. The Hall–Kier alpha value is -1.36. The zero-order chi connectivity index (χ0) is 14.6. The van der Waals surface area contributed by atoms with E-state index in [1.54, 1.807) is 14.2 Å². The van der Waals surface area contributed by atoms with Gasteiger partial charge in [0, 0.05) is 32.7 Å². The first kappa shape index (κ1) is 15.7. The number of hydrogen-bond donors (Lipinski definition) is 0. The van der Waals surface area contributed by atoms with Crippen molar-refractivity contribution in [2.24, 2.45) is 5.41 Å². The molecule has 5 heteroatoms. The summed E-state index contributed by atoms with van der Waals surface area (Å²) in [4.78, 5) is 26.7. The van der Waals surface area contributed by atoms with Gasteiger partial charge in [-0.1, -0.05) is 20.4 Å². The SMILES string of the molecule is C=CC(=O)N(C)CC(=O)N1CCC(OC)C(C)(C)C1. The summed E-state index contributed by atoms with van der Waals surface area (Å²) in [6.45, 7) is 9.03. The number of rotatable bonds is 4. The Bertz CT molecular complexity index is 366. The number of carbonyl (C=O) groups excluding carboxylic acids is 2. The Labute approximate surface area is 115 Å². The molecule has 1 rings (SSSR count). The maximum absolute atomic E-state index is 12.2. The van der Waals surface area contributed by atoms with E-state index in [0.29, 0.717) is 13.1 Å². The van der Waals surface area contributed by atoms with Gasteiger partial charge in [-0.05, 0) is 12.5 Å². The molecule has 1 aliphatic heterocycles. The van der Waals surface area contributed by atoms with E-state index < -0.39 is 0 Å². The molecule has 0 aliphatic carbocycles. The van der Waals surface area contributed by atoms with Gasteiger partial charge < -0.3 is 14.5 Å². The van der Waals surface area contributed by atoms with Crippen LogP contribution in [-0.2, 0) is 14.3 Å². The normalized spacial score (nSPS) is 21.9. The highest BCUT2D eigenvalue weighted by Crippen LogP contribution is 2.31. The second-order valence-electron chi connectivity index (χ2n) is 5.72. The molecule has 108 valence electrons. The molecule has 0 aromatic heterocycles. The number of likely N-dealkylation sites (N-methyl/N-ethyl adjacent to an activating group) is 1. The van der Waals surface area contributed by atoms with Crippen LogP contribution in [0.1, 0.15) is 20.3 Å². The largest absolute Gasteiger partial charge is 0.381 e. The van der Waals surface area contributed by atoms with Crippen LogP contribution in [0.2, 0.25) is 0 Å². The molecule has 0 saturated carbocycles. The number of ether oxygens (including phenoxy) is 1. The molecule has 5 nitrogen and oxygen atoms in total. The highest BCUT2D eigenvalue weighted by molar-refractivity contribution is 5.90. The number of piperidine rings is 1. The lowest BCUT2D eigenvalue weighted by Crippen LogP contribution is -2.53. The van der Waals surface area contributed by atoms with Crippen molar-refractivity contribution in [3.63, 3.8) is 0 Å². The summed E-state index contributed by atoms with van der Waals surface area (Å²) in [7, 11) is 3.31. The third-order valence-corrected chi connectivity index (χ3v) is 3.69. The van der Waals surface area contributed by atoms with Gasteiger partial charge in [0.25, 0.3) is 0 Å². The fourth-order valence-electron chi connectivity index (χ4n) is 2.52. The van der Waals surface area contributed by atoms with Crippen molar-refractivity contribution in [1.29, 1.82) is 0 Å². The molecule has 0 aromatic rings. The molecule has 1 atom stereocenters. The van der Waals surface area contributed by atoms with Crippen molar-refractivity contribution >= 4 is 11.8 Å². The maximum Gasteiger partial charge on any atom is 0.246 e. The molecule has 1 unspecified atom stereocenters. The molecular weight excluding hydrogens is 244 g/mol. The Morgan fingerprint density at radius 1 is 1.53 bits per heavy atom. The van der Waals surface area contributed by atoms with Crippen LogP contribution in [-0.4, -0.2) is 61.5 Å². The quantitative estimate of drug-likeness (QED) is 0.712. The van der Waals surface area contributed by atoms with E-state index >= 15 is 0 Å². The number of carbonyl (C=O) groups is 2. The second kappa shape index (κ2) is 6.19.